The van der Waals surface area contributed by atoms with Crippen LogP contribution >= 0.6 is 15.9 Å². The Hall–Kier alpha value is -2.53. The predicted molar refractivity (Wildman–Crippen MR) is 112 cm³/mol. The normalized spacial score (nSPS) is 19.0. The average Bonchev–Trinajstić information content (AvgIpc) is 2.86. The molecule has 5 heteroatoms. The molecule has 1 atom stereocenters. The zero-order valence-electron chi connectivity index (χ0n) is 15.2. The summed E-state index contributed by atoms with van der Waals surface area (Å²) in [5, 5.41) is 3.22. The lowest BCUT2D eigenvalue weighted by Gasteiger charge is -2.34. The van der Waals surface area contributed by atoms with Crippen LogP contribution in [-0.2, 0) is 4.79 Å². The molecule has 0 fully saturated rings. The Labute approximate surface area is 167 Å². The second-order valence-corrected chi connectivity index (χ2v) is 7.58. The van der Waals surface area contributed by atoms with Gasteiger partial charge in [-0.25, -0.2) is 0 Å². The monoisotopic (exact) mass is 424 g/mol. The molecule has 2 aliphatic heterocycles. The van der Waals surface area contributed by atoms with Gasteiger partial charge in [0.2, 0.25) is 5.91 Å². The Morgan fingerprint density at radius 2 is 2.07 bits per heavy atom. The van der Waals surface area contributed by atoms with Crippen molar-refractivity contribution in [2.24, 2.45) is 0 Å². The van der Waals surface area contributed by atoms with Gasteiger partial charge in [0, 0.05) is 24.2 Å². The summed E-state index contributed by atoms with van der Waals surface area (Å²) in [5.74, 6) is 0.846. The van der Waals surface area contributed by atoms with Crippen LogP contribution in [0.15, 0.2) is 65.3 Å². The van der Waals surface area contributed by atoms with Crippen molar-refractivity contribution in [3.8, 4) is 5.75 Å². The summed E-state index contributed by atoms with van der Waals surface area (Å²) in [6.45, 7) is 4.70. The van der Waals surface area contributed by atoms with Crippen LogP contribution in [-0.4, -0.2) is 19.6 Å². The molecule has 4 nitrogen and oxygen atoms in total. The van der Waals surface area contributed by atoms with E-state index in [1.165, 1.54) is 16.7 Å². The average molecular weight is 425 g/mol. The molecule has 0 aromatic heterocycles. The van der Waals surface area contributed by atoms with E-state index in [0.29, 0.717) is 13.0 Å². The van der Waals surface area contributed by atoms with Gasteiger partial charge in [0.15, 0.2) is 0 Å². The highest BCUT2D eigenvalue weighted by Gasteiger charge is 2.32. The van der Waals surface area contributed by atoms with E-state index in [9.17, 15) is 4.79 Å². The van der Waals surface area contributed by atoms with Crippen LogP contribution in [0.2, 0.25) is 0 Å². The molecule has 0 saturated heterocycles. The number of fused-ring (bicyclic) bond motifs is 2. The highest BCUT2D eigenvalue weighted by molar-refractivity contribution is 9.10. The minimum Gasteiger partial charge on any atom is -0.496 e. The van der Waals surface area contributed by atoms with Gasteiger partial charge in [-0.1, -0.05) is 30.8 Å². The molecule has 0 saturated carbocycles. The van der Waals surface area contributed by atoms with E-state index < -0.39 is 0 Å². The zero-order chi connectivity index (χ0) is 19.0. The van der Waals surface area contributed by atoms with Crippen LogP contribution in [0, 0.1) is 0 Å². The molecular formula is C22H21BrN2O2. The second kappa shape index (κ2) is 7.24. The minimum atomic E-state index is -0.173. The molecule has 1 N–H and O–H groups in total. The quantitative estimate of drug-likeness (QED) is 0.767. The second-order valence-electron chi connectivity index (χ2n) is 6.73. The maximum atomic E-state index is 12.5. The molecule has 0 aliphatic carbocycles. The summed E-state index contributed by atoms with van der Waals surface area (Å²) in [4.78, 5) is 14.6. The van der Waals surface area contributed by atoms with Crippen molar-refractivity contribution in [3.05, 3.63) is 76.4 Å². The van der Waals surface area contributed by atoms with Crippen LogP contribution in [0.3, 0.4) is 0 Å². The van der Waals surface area contributed by atoms with Crippen molar-refractivity contribution in [2.45, 2.75) is 18.9 Å². The number of rotatable bonds is 3. The first-order valence-corrected chi connectivity index (χ1v) is 9.75. The van der Waals surface area contributed by atoms with E-state index in [0.717, 1.165) is 27.9 Å². The number of carbonyl (C=O) groups excluding carboxylic acids is 1. The highest BCUT2D eigenvalue weighted by atomic mass is 79.9. The molecule has 4 rings (SSSR count). The molecule has 2 aromatic carbocycles. The summed E-state index contributed by atoms with van der Waals surface area (Å²) in [5.41, 5.74) is 5.85. The Bertz CT molecular complexity index is 951. The van der Waals surface area contributed by atoms with Gasteiger partial charge < -0.3 is 15.0 Å². The van der Waals surface area contributed by atoms with Gasteiger partial charge in [-0.15, -0.1) is 0 Å². The molecule has 2 aromatic rings. The molecule has 2 aliphatic rings. The number of anilines is 1. The minimum absolute atomic E-state index is 0.0731. The number of halogens is 1. The number of methoxy groups -OCH3 is 1. The van der Waals surface area contributed by atoms with E-state index in [-0.39, 0.29) is 11.9 Å². The van der Waals surface area contributed by atoms with E-state index in [1.54, 1.807) is 7.11 Å². The third-order valence-corrected chi connectivity index (χ3v) is 5.87. The molecule has 0 bridgehead atoms. The van der Waals surface area contributed by atoms with Crippen LogP contribution in [0.1, 0.15) is 30.0 Å². The van der Waals surface area contributed by atoms with Gasteiger partial charge in [0.1, 0.15) is 5.75 Å². The third-order valence-electron chi connectivity index (χ3n) is 5.25. The maximum absolute atomic E-state index is 12.5. The fourth-order valence-electron chi connectivity index (χ4n) is 3.95. The number of hydrogen-bond donors (Lipinski definition) is 1. The van der Waals surface area contributed by atoms with Gasteiger partial charge in [0.05, 0.1) is 17.6 Å². The maximum Gasteiger partial charge on any atom is 0.221 e. The number of allylic oxidation sites excluding steroid dienone is 1. The van der Waals surface area contributed by atoms with Gasteiger partial charge in [-0.2, -0.15) is 0 Å². The lowest BCUT2D eigenvalue weighted by Crippen LogP contribution is -2.33. The Balaban J connectivity index is 1.87. The summed E-state index contributed by atoms with van der Waals surface area (Å²) in [6.07, 6.45) is 3.10. The number of carbonyl (C=O) groups is 1. The number of hydrogen-bond acceptors (Lipinski definition) is 3. The summed E-state index contributed by atoms with van der Waals surface area (Å²) < 4.78 is 6.23. The molecule has 2 heterocycles. The molecule has 0 radical (unpaired) electrons. The number of para-hydroxylation sites is 1. The number of nitrogens with zero attached hydrogens (tertiary/aromatic N) is 1. The first-order valence-electron chi connectivity index (χ1n) is 8.95. The number of ether oxygens (including phenoxy) is 1. The van der Waals surface area contributed by atoms with Gasteiger partial charge in [-0.05, 0) is 63.5 Å². The first-order chi connectivity index (χ1) is 13.1. The number of nitrogens with one attached hydrogen (secondary N) is 1. The van der Waals surface area contributed by atoms with Crippen molar-refractivity contribution < 1.29 is 9.53 Å². The lowest BCUT2D eigenvalue weighted by molar-refractivity contribution is -0.121. The highest BCUT2D eigenvalue weighted by Crippen LogP contribution is 2.43. The third kappa shape index (κ3) is 3.16. The smallest absolute Gasteiger partial charge is 0.221 e. The Kier molecular flexibility index (Phi) is 4.79. The van der Waals surface area contributed by atoms with Crippen molar-refractivity contribution in [2.75, 3.05) is 18.6 Å². The topological polar surface area (TPSA) is 41.6 Å². The molecule has 138 valence electrons. The number of amides is 1. The van der Waals surface area contributed by atoms with Gasteiger partial charge in [0.25, 0.3) is 0 Å². The van der Waals surface area contributed by atoms with Crippen molar-refractivity contribution in [1.82, 2.24) is 5.32 Å². The number of benzene rings is 2. The Morgan fingerprint density at radius 1 is 1.26 bits per heavy atom. The van der Waals surface area contributed by atoms with Crippen LogP contribution in [0.25, 0.3) is 5.57 Å². The van der Waals surface area contributed by atoms with Crippen molar-refractivity contribution in [1.29, 1.82) is 0 Å². The molecule has 0 spiro atoms. The summed E-state index contributed by atoms with van der Waals surface area (Å²) in [6, 6.07) is 14.1. The molecular weight excluding hydrogens is 404 g/mol. The fraction of sp³-hybridized carbons (Fsp3) is 0.227. The van der Waals surface area contributed by atoms with Crippen molar-refractivity contribution >= 4 is 33.1 Å². The van der Waals surface area contributed by atoms with Crippen LogP contribution in [0.5, 0.6) is 5.75 Å². The van der Waals surface area contributed by atoms with Crippen molar-refractivity contribution in [3.63, 3.8) is 0 Å². The van der Waals surface area contributed by atoms with E-state index in [2.05, 4.69) is 50.9 Å². The Morgan fingerprint density at radius 3 is 2.81 bits per heavy atom. The zero-order valence-corrected chi connectivity index (χ0v) is 16.8. The molecule has 1 amide bonds. The standard InChI is InChI=1S/C22H21BrN2O2/c1-3-25-13-17-15(16-6-4-5-7-19(16)25)9-11-21(26)24-22(17)14-8-10-20(27-2)18(23)12-14/h3-8,10,12,22H,1,9,11,13H2,2H3,(H,24,26). The first kappa shape index (κ1) is 17.9. The predicted octanol–water partition coefficient (Wildman–Crippen LogP) is 4.83. The van der Waals surface area contributed by atoms with E-state index in [1.807, 2.05) is 30.5 Å². The van der Waals surface area contributed by atoms with E-state index in [4.69, 9.17) is 4.74 Å². The van der Waals surface area contributed by atoms with Crippen LogP contribution < -0.4 is 15.0 Å². The lowest BCUT2D eigenvalue weighted by atomic mass is 9.86. The van der Waals surface area contributed by atoms with E-state index >= 15 is 0 Å². The summed E-state index contributed by atoms with van der Waals surface area (Å²) in [7, 11) is 1.65. The van der Waals surface area contributed by atoms with Gasteiger partial charge in [-0.3, -0.25) is 4.79 Å². The SMILES string of the molecule is C=CN1CC2=C(CCC(=O)NC2c2ccc(OC)c(Br)c2)c2ccccc21. The molecule has 27 heavy (non-hydrogen) atoms. The largest absolute Gasteiger partial charge is 0.496 e. The molecule has 1 unspecified atom stereocenters. The van der Waals surface area contributed by atoms with Crippen LogP contribution in [0.4, 0.5) is 5.69 Å². The fourth-order valence-corrected chi connectivity index (χ4v) is 4.50. The van der Waals surface area contributed by atoms with Gasteiger partial charge >= 0.3 is 0 Å². The summed E-state index contributed by atoms with van der Waals surface area (Å²) >= 11 is 3.57.